The first-order chi connectivity index (χ1) is 11.1. The van der Waals surface area contributed by atoms with Gasteiger partial charge >= 0.3 is 0 Å². The van der Waals surface area contributed by atoms with Crippen LogP contribution in [0.15, 0.2) is 24.3 Å². The standard InChI is InChI=1S/C17H23N3O3.ClH/c1-11-2-4-12(5-3-11)20-9-8-14(17(20)22)19-16(21)15-7-6-13(10-18)23-15;/h2-5,13-15H,6-10,18H2,1H3,(H,19,21);1H/t13-,14?,15+;/m1./s1. The van der Waals surface area contributed by atoms with E-state index in [1.54, 1.807) is 4.90 Å². The molecule has 0 spiro atoms. The number of aryl methyl sites for hydroxylation is 1. The molecule has 3 atom stereocenters. The average molecular weight is 354 g/mol. The van der Waals surface area contributed by atoms with Crippen LogP contribution in [0.1, 0.15) is 24.8 Å². The number of ether oxygens (including phenoxy) is 1. The number of hydrogen-bond acceptors (Lipinski definition) is 4. The van der Waals surface area contributed by atoms with Crippen LogP contribution < -0.4 is 16.0 Å². The number of carbonyl (C=O) groups is 2. The van der Waals surface area contributed by atoms with Crippen molar-refractivity contribution in [1.29, 1.82) is 0 Å². The van der Waals surface area contributed by atoms with E-state index in [2.05, 4.69) is 5.32 Å². The Labute approximate surface area is 148 Å². The number of carbonyl (C=O) groups excluding carboxylic acids is 2. The van der Waals surface area contributed by atoms with E-state index in [0.29, 0.717) is 25.9 Å². The monoisotopic (exact) mass is 353 g/mol. The van der Waals surface area contributed by atoms with E-state index in [1.165, 1.54) is 0 Å². The first-order valence-electron chi connectivity index (χ1n) is 8.12. The van der Waals surface area contributed by atoms with Crippen LogP contribution in [0.3, 0.4) is 0 Å². The SMILES string of the molecule is Cc1ccc(N2CCC(NC(=O)[C@@H]3CC[C@H](CN)O3)C2=O)cc1.Cl. The molecule has 2 aliphatic heterocycles. The van der Waals surface area contributed by atoms with Gasteiger partial charge in [-0.05, 0) is 38.3 Å². The van der Waals surface area contributed by atoms with Crippen LogP contribution in [-0.4, -0.2) is 43.2 Å². The molecule has 3 N–H and O–H groups in total. The highest BCUT2D eigenvalue weighted by molar-refractivity contribution is 6.01. The maximum Gasteiger partial charge on any atom is 0.249 e. The first-order valence-corrected chi connectivity index (χ1v) is 8.12. The fourth-order valence-corrected chi connectivity index (χ4v) is 3.13. The van der Waals surface area contributed by atoms with E-state index >= 15 is 0 Å². The van der Waals surface area contributed by atoms with Gasteiger partial charge in [0.05, 0.1) is 6.10 Å². The van der Waals surface area contributed by atoms with Gasteiger partial charge in [-0.1, -0.05) is 17.7 Å². The molecule has 2 aliphatic rings. The minimum atomic E-state index is -0.482. The Morgan fingerprint density at radius 1 is 1.29 bits per heavy atom. The number of nitrogens with one attached hydrogen (secondary N) is 1. The van der Waals surface area contributed by atoms with Crippen LogP contribution in [0, 0.1) is 6.92 Å². The molecule has 2 amide bonds. The minimum absolute atomic E-state index is 0. The molecular formula is C17H24ClN3O3. The van der Waals surface area contributed by atoms with Crippen LogP contribution in [0.5, 0.6) is 0 Å². The summed E-state index contributed by atoms with van der Waals surface area (Å²) in [7, 11) is 0. The number of halogens is 1. The minimum Gasteiger partial charge on any atom is -0.364 e. The summed E-state index contributed by atoms with van der Waals surface area (Å²) < 4.78 is 5.58. The lowest BCUT2D eigenvalue weighted by atomic mass is 10.1. The highest BCUT2D eigenvalue weighted by Crippen LogP contribution is 2.23. The zero-order chi connectivity index (χ0) is 16.4. The van der Waals surface area contributed by atoms with Gasteiger partial charge in [0.15, 0.2) is 0 Å². The van der Waals surface area contributed by atoms with Crippen molar-refractivity contribution in [3.8, 4) is 0 Å². The van der Waals surface area contributed by atoms with Crippen molar-refractivity contribution in [3.63, 3.8) is 0 Å². The molecule has 0 radical (unpaired) electrons. The lowest BCUT2D eigenvalue weighted by molar-refractivity contribution is -0.134. The summed E-state index contributed by atoms with van der Waals surface area (Å²) in [5, 5.41) is 2.83. The fourth-order valence-electron chi connectivity index (χ4n) is 3.13. The van der Waals surface area contributed by atoms with Gasteiger partial charge in [-0.15, -0.1) is 12.4 Å². The molecule has 6 nitrogen and oxygen atoms in total. The molecule has 1 aromatic carbocycles. The largest absolute Gasteiger partial charge is 0.364 e. The second-order valence-corrected chi connectivity index (χ2v) is 6.24. The third-order valence-corrected chi connectivity index (χ3v) is 4.53. The third kappa shape index (κ3) is 3.88. The molecular weight excluding hydrogens is 330 g/mol. The van der Waals surface area contributed by atoms with Crippen LogP contribution >= 0.6 is 12.4 Å². The van der Waals surface area contributed by atoms with Gasteiger partial charge in [0.1, 0.15) is 12.1 Å². The first kappa shape index (κ1) is 18.7. The zero-order valence-electron chi connectivity index (χ0n) is 13.7. The molecule has 0 aliphatic carbocycles. The van der Waals surface area contributed by atoms with Crippen molar-refractivity contribution in [3.05, 3.63) is 29.8 Å². The van der Waals surface area contributed by atoms with E-state index in [9.17, 15) is 9.59 Å². The number of amides is 2. The summed E-state index contributed by atoms with van der Waals surface area (Å²) >= 11 is 0. The van der Waals surface area contributed by atoms with Gasteiger partial charge in [-0.25, -0.2) is 0 Å². The Morgan fingerprint density at radius 2 is 2.00 bits per heavy atom. The molecule has 1 unspecified atom stereocenters. The molecule has 24 heavy (non-hydrogen) atoms. The molecule has 0 aromatic heterocycles. The molecule has 7 heteroatoms. The molecule has 2 saturated heterocycles. The van der Waals surface area contributed by atoms with Crippen molar-refractivity contribution in [2.24, 2.45) is 5.73 Å². The number of benzene rings is 1. The molecule has 132 valence electrons. The number of rotatable bonds is 4. The van der Waals surface area contributed by atoms with E-state index in [0.717, 1.165) is 17.7 Å². The van der Waals surface area contributed by atoms with E-state index in [-0.39, 0.29) is 30.3 Å². The van der Waals surface area contributed by atoms with E-state index in [1.807, 2.05) is 31.2 Å². The van der Waals surface area contributed by atoms with Gasteiger partial charge < -0.3 is 20.7 Å². The maximum atomic E-state index is 12.5. The Hall–Kier alpha value is -1.63. The summed E-state index contributed by atoms with van der Waals surface area (Å²) in [5.74, 6) is -0.263. The summed E-state index contributed by atoms with van der Waals surface area (Å²) in [6, 6.07) is 7.36. The van der Waals surface area contributed by atoms with Gasteiger partial charge in [-0.2, -0.15) is 0 Å². The number of anilines is 1. The number of nitrogens with zero attached hydrogens (tertiary/aromatic N) is 1. The van der Waals surface area contributed by atoms with Gasteiger partial charge in [0.25, 0.3) is 0 Å². The van der Waals surface area contributed by atoms with Crippen molar-refractivity contribution in [2.75, 3.05) is 18.0 Å². The number of nitrogens with two attached hydrogens (primary N) is 1. The van der Waals surface area contributed by atoms with Crippen LogP contribution in [0.25, 0.3) is 0 Å². The quantitative estimate of drug-likeness (QED) is 0.850. The number of hydrogen-bond donors (Lipinski definition) is 2. The normalized spacial score (nSPS) is 26.3. The molecule has 1 aromatic rings. The second-order valence-electron chi connectivity index (χ2n) is 6.24. The maximum absolute atomic E-state index is 12.5. The molecule has 0 saturated carbocycles. The summed E-state index contributed by atoms with van der Waals surface area (Å²) in [5.41, 5.74) is 7.58. The summed E-state index contributed by atoms with van der Waals surface area (Å²) in [6.07, 6.45) is 1.55. The van der Waals surface area contributed by atoms with Gasteiger partial charge in [0, 0.05) is 18.8 Å². The Morgan fingerprint density at radius 3 is 2.62 bits per heavy atom. The molecule has 2 fully saturated rings. The highest BCUT2D eigenvalue weighted by Gasteiger charge is 2.37. The molecule has 3 rings (SSSR count). The predicted octanol–water partition coefficient (Wildman–Crippen LogP) is 1.14. The third-order valence-electron chi connectivity index (χ3n) is 4.53. The van der Waals surface area contributed by atoms with Crippen molar-refractivity contribution >= 4 is 29.9 Å². The fraction of sp³-hybridized carbons (Fsp3) is 0.529. The topological polar surface area (TPSA) is 84.7 Å². The summed E-state index contributed by atoms with van der Waals surface area (Å²) in [6.45, 7) is 3.05. The average Bonchev–Trinajstić information content (AvgIpc) is 3.16. The Kier molecular flexibility index (Phi) is 6.21. The lowest BCUT2D eigenvalue weighted by Gasteiger charge is -2.19. The predicted molar refractivity (Wildman–Crippen MR) is 94.3 cm³/mol. The smallest absolute Gasteiger partial charge is 0.249 e. The molecule has 2 heterocycles. The van der Waals surface area contributed by atoms with E-state index in [4.69, 9.17) is 10.5 Å². The zero-order valence-corrected chi connectivity index (χ0v) is 14.6. The van der Waals surface area contributed by atoms with Gasteiger partial charge in [-0.3, -0.25) is 9.59 Å². The van der Waals surface area contributed by atoms with Crippen molar-refractivity contribution in [2.45, 2.75) is 44.4 Å². The van der Waals surface area contributed by atoms with E-state index < -0.39 is 12.1 Å². The van der Waals surface area contributed by atoms with Crippen molar-refractivity contribution < 1.29 is 14.3 Å². The second kappa shape index (κ2) is 7.96. The van der Waals surface area contributed by atoms with Crippen LogP contribution in [0.4, 0.5) is 5.69 Å². The van der Waals surface area contributed by atoms with Crippen LogP contribution in [-0.2, 0) is 14.3 Å². The highest BCUT2D eigenvalue weighted by atomic mass is 35.5. The van der Waals surface area contributed by atoms with Gasteiger partial charge in [0.2, 0.25) is 11.8 Å². The molecule has 0 bridgehead atoms. The lowest BCUT2D eigenvalue weighted by Crippen LogP contribution is -2.45. The van der Waals surface area contributed by atoms with Crippen LogP contribution in [0.2, 0.25) is 0 Å². The summed E-state index contributed by atoms with van der Waals surface area (Å²) in [4.78, 5) is 26.5. The van der Waals surface area contributed by atoms with Crippen molar-refractivity contribution in [1.82, 2.24) is 5.32 Å². The Balaban J connectivity index is 0.00000208. The Bertz CT molecular complexity index is 593.